The predicted octanol–water partition coefficient (Wildman–Crippen LogP) is 5.44. The van der Waals surface area contributed by atoms with E-state index in [1.165, 1.54) is 52.3 Å². The average molecular weight is 579 g/mol. The lowest BCUT2D eigenvalue weighted by Crippen LogP contribution is -2.47. The van der Waals surface area contributed by atoms with Crippen molar-refractivity contribution in [3.05, 3.63) is 125 Å². The van der Waals surface area contributed by atoms with Gasteiger partial charge >= 0.3 is 12.2 Å². The van der Waals surface area contributed by atoms with E-state index >= 15 is 0 Å². The molecule has 2 aliphatic rings. The van der Waals surface area contributed by atoms with Crippen molar-refractivity contribution in [1.82, 2.24) is 15.1 Å². The van der Waals surface area contributed by atoms with Gasteiger partial charge in [0.05, 0.1) is 29.4 Å². The second kappa shape index (κ2) is 11.5. The normalized spacial score (nSPS) is 17.6. The fraction of sp³-hybridized carbons (Fsp3) is 0.194. The number of halogens is 4. The number of hydrogen-bond donors (Lipinski definition) is 2. The Kier molecular flexibility index (Phi) is 7.84. The highest BCUT2D eigenvalue weighted by Gasteiger charge is 2.47. The molecule has 5 rings (SSSR count). The minimum atomic E-state index is -4.55. The van der Waals surface area contributed by atoms with E-state index in [1.54, 1.807) is 12.1 Å². The molecule has 3 aromatic carbocycles. The first-order chi connectivity index (χ1) is 20.1. The minimum Gasteiger partial charge on any atom is -0.326 e. The Labute approximate surface area is 239 Å². The van der Waals surface area contributed by atoms with Gasteiger partial charge in [0, 0.05) is 18.7 Å². The molecule has 42 heavy (non-hydrogen) atoms. The lowest BCUT2D eigenvalue weighted by Gasteiger charge is -2.33. The van der Waals surface area contributed by atoms with Crippen LogP contribution in [0.2, 0.25) is 0 Å². The van der Waals surface area contributed by atoms with Gasteiger partial charge in [0.2, 0.25) is 5.91 Å². The molecule has 0 saturated carbocycles. The number of nitrogens with one attached hydrogen (secondary N) is 2. The molecule has 0 spiro atoms. The maximum absolute atomic E-state index is 14.1. The van der Waals surface area contributed by atoms with Crippen LogP contribution in [0, 0.1) is 5.82 Å². The average Bonchev–Trinajstić information content (AvgIpc) is 3.31. The number of rotatable bonds is 8. The summed E-state index contributed by atoms with van der Waals surface area (Å²) in [6.45, 7) is 3.65. The zero-order valence-electron chi connectivity index (χ0n) is 22.2. The second-order valence-electron chi connectivity index (χ2n) is 9.90. The molecule has 0 bridgehead atoms. The van der Waals surface area contributed by atoms with Gasteiger partial charge in [-0.25, -0.2) is 9.18 Å². The third-order valence-electron chi connectivity index (χ3n) is 7.20. The van der Waals surface area contributed by atoms with Crippen LogP contribution in [-0.4, -0.2) is 46.8 Å². The van der Waals surface area contributed by atoms with E-state index < -0.39 is 47.5 Å². The van der Waals surface area contributed by atoms with Crippen LogP contribution in [0.25, 0.3) is 0 Å². The van der Waals surface area contributed by atoms with Gasteiger partial charge in [-0.15, -0.1) is 6.58 Å². The number of nitrogens with zero attached hydrogens (tertiary/aromatic N) is 2. The van der Waals surface area contributed by atoms with Crippen LogP contribution < -0.4 is 10.6 Å². The molecule has 216 valence electrons. The van der Waals surface area contributed by atoms with Crippen LogP contribution in [0.1, 0.15) is 22.7 Å². The van der Waals surface area contributed by atoms with E-state index in [0.29, 0.717) is 11.4 Å². The maximum Gasteiger partial charge on any atom is 0.416 e. The summed E-state index contributed by atoms with van der Waals surface area (Å²) < 4.78 is 53.0. The number of carbonyl (C=O) groups is 3. The molecule has 0 aliphatic carbocycles. The van der Waals surface area contributed by atoms with Gasteiger partial charge in [-0.3, -0.25) is 14.5 Å². The Balaban J connectivity index is 1.51. The van der Waals surface area contributed by atoms with Gasteiger partial charge in [0.15, 0.2) is 0 Å². The standard InChI is InChI=1S/C31H26F4N4O3/c1-2-16-38-25-18-39(24(17-19-6-4-3-5-7-19)28(40)36-23-14-12-22(32)13-15-23)29(41)26(25)27(37-30(38)42)20-8-10-21(11-9-20)31(33,34)35/h2-15,24,27H,1,16-18H2,(H,36,40)(H,37,42). The van der Waals surface area contributed by atoms with Crippen molar-refractivity contribution in [3.63, 3.8) is 0 Å². The van der Waals surface area contributed by atoms with Crippen LogP contribution in [0.5, 0.6) is 0 Å². The van der Waals surface area contributed by atoms with Crippen molar-refractivity contribution in [3.8, 4) is 0 Å². The van der Waals surface area contributed by atoms with Crippen molar-refractivity contribution < 1.29 is 31.9 Å². The zero-order valence-corrected chi connectivity index (χ0v) is 22.2. The molecule has 4 amide bonds. The monoisotopic (exact) mass is 578 g/mol. The molecule has 0 saturated heterocycles. The lowest BCUT2D eigenvalue weighted by atomic mass is 9.94. The number of carbonyl (C=O) groups excluding carboxylic acids is 3. The Hall–Kier alpha value is -4.93. The van der Waals surface area contributed by atoms with Gasteiger partial charge < -0.3 is 15.5 Å². The smallest absolute Gasteiger partial charge is 0.326 e. The molecule has 0 radical (unpaired) electrons. The second-order valence-corrected chi connectivity index (χ2v) is 9.90. The molecule has 2 unspecified atom stereocenters. The van der Waals surface area contributed by atoms with E-state index in [9.17, 15) is 31.9 Å². The molecule has 2 heterocycles. The van der Waals surface area contributed by atoms with Crippen molar-refractivity contribution >= 4 is 23.5 Å². The van der Waals surface area contributed by atoms with E-state index in [4.69, 9.17) is 0 Å². The van der Waals surface area contributed by atoms with Gasteiger partial charge in [0.25, 0.3) is 5.91 Å². The highest BCUT2D eigenvalue weighted by Crippen LogP contribution is 2.38. The Morgan fingerprint density at radius 3 is 2.31 bits per heavy atom. The van der Waals surface area contributed by atoms with Gasteiger partial charge in [-0.2, -0.15) is 13.2 Å². The molecule has 2 N–H and O–H groups in total. The molecule has 0 fully saturated rings. The summed E-state index contributed by atoms with van der Waals surface area (Å²) in [5.74, 6) is -1.55. The van der Waals surface area contributed by atoms with Gasteiger partial charge in [-0.05, 0) is 47.5 Å². The molecule has 2 aliphatic heterocycles. The maximum atomic E-state index is 14.1. The highest BCUT2D eigenvalue weighted by atomic mass is 19.4. The molecule has 3 aromatic rings. The van der Waals surface area contributed by atoms with Crippen molar-refractivity contribution in [2.75, 3.05) is 18.4 Å². The fourth-order valence-corrected chi connectivity index (χ4v) is 5.14. The fourth-order valence-electron chi connectivity index (χ4n) is 5.14. The van der Waals surface area contributed by atoms with Crippen LogP contribution in [0.15, 0.2) is 103 Å². The highest BCUT2D eigenvalue weighted by molar-refractivity contribution is 6.05. The first-order valence-electron chi connectivity index (χ1n) is 13.1. The number of urea groups is 1. The molecule has 2 atom stereocenters. The summed E-state index contributed by atoms with van der Waals surface area (Å²) in [5.41, 5.74) is 1.01. The first kappa shape index (κ1) is 28.6. The molecular formula is C31H26F4N4O3. The quantitative estimate of drug-likeness (QED) is 0.276. The van der Waals surface area contributed by atoms with Crippen LogP contribution >= 0.6 is 0 Å². The largest absolute Gasteiger partial charge is 0.416 e. The van der Waals surface area contributed by atoms with Crippen molar-refractivity contribution in [2.45, 2.75) is 24.7 Å². The summed E-state index contributed by atoms with van der Waals surface area (Å²) in [5, 5.41) is 5.47. The number of alkyl halides is 3. The van der Waals surface area contributed by atoms with Crippen LogP contribution in [-0.2, 0) is 22.2 Å². The molecule has 11 heteroatoms. The molecule has 0 aromatic heterocycles. The lowest BCUT2D eigenvalue weighted by molar-refractivity contribution is -0.137. The van der Waals surface area contributed by atoms with E-state index in [-0.39, 0.29) is 30.6 Å². The topological polar surface area (TPSA) is 81.8 Å². The number of hydrogen-bond acceptors (Lipinski definition) is 3. The van der Waals surface area contributed by atoms with Crippen molar-refractivity contribution in [2.24, 2.45) is 0 Å². The summed E-state index contributed by atoms with van der Waals surface area (Å²) in [6.07, 6.45) is -2.94. The van der Waals surface area contributed by atoms with Crippen molar-refractivity contribution in [1.29, 1.82) is 0 Å². The van der Waals surface area contributed by atoms with Gasteiger partial charge in [0.1, 0.15) is 11.9 Å². The van der Waals surface area contributed by atoms with E-state index in [0.717, 1.165) is 17.7 Å². The zero-order chi connectivity index (χ0) is 30.0. The Morgan fingerprint density at radius 1 is 1.02 bits per heavy atom. The number of amides is 4. The molecule has 7 nitrogen and oxygen atoms in total. The molecular weight excluding hydrogens is 552 g/mol. The van der Waals surface area contributed by atoms with E-state index in [1.807, 2.05) is 18.2 Å². The summed E-state index contributed by atoms with van der Waals surface area (Å²) in [7, 11) is 0. The number of anilines is 1. The summed E-state index contributed by atoms with van der Waals surface area (Å²) >= 11 is 0. The third kappa shape index (κ3) is 5.76. The SMILES string of the molecule is C=CCN1C(=O)NC(c2ccc(C(F)(F)F)cc2)C2=C1CN(C(Cc1ccccc1)C(=O)Nc1ccc(F)cc1)C2=O. The summed E-state index contributed by atoms with van der Waals surface area (Å²) in [4.78, 5) is 43.6. The van der Waals surface area contributed by atoms with Gasteiger partial charge in [-0.1, -0.05) is 48.5 Å². The third-order valence-corrected chi connectivity index (χ3v) is 7.20. The number of benzene rings is 3. The Morgan fingerprint density at radius 2 is 1.69 bits per heavy atom. The predicted molar refractivity (Wildman–Crippen MR) is 147 cm³/mol. The minimum absolute atomic E-state index is 0.0661. The van der Waals surface area contributed by atoms with Crippen LogP contribution in [0.4, 0.5) is 28.0 Å². The van der Waals surface area contributed by atoms with E-state index in [2.05, 4.69) is 17.2 Å². The van der Waals surface area contributed by atoms with Crippen LogP contribution in [0.3, 0.4) is 0 Å². The summed E-state index contributed by atoms with van der Waals surface area (Å²) in [6, 6.07) is 15.8. The first-order valence-corrected chi connectivity index (χ1v) is 13.1. The Bertz CT molecular complexity index is 1540.